The highest BCUT2D eigenvalue weighted by atomic mass is 35.5. The van der Waals surface area contributed by atoms with Crippen molar-refractivity contribution in [3.05, 3.63) is 28.8 Å². The summed E-state index contributed by atoms with van der Waals surface area (Å²) in [6, 6.07) is 6.29. The number of methoxy groups -OCH3 is 1. The Labute approximate surface area is 128 Å². The van der Waals surface area contributed by atoms with Crippen molar-refractivity contribution in [3.63, 3.8) is 0 Å². The molecule has 0 amide bonds. The number of nitrogens with zero attached hydrogens (tertiary/aromatic N) is 1. The van der Waals surface area contributed by atoms with Crippen LogP contribution in [0.4, 0.5) is 0 Å². The van der Waals surface area contributed by atoms with Crippen LogP contribution in [-0.4, -0.2) is 38.7 Å². The minimum atomic E-state index is 0.531. The van der Waals surface area contributed by atoms with Crippen molar-refractivity contribution in [2.24, 2.45) is 5.92 Å². The molecular formula is C16H27ClN2O. The number of rotatable bonds is 8. The molecule has 1 atom stereocenters. The van der Waals surface area contributed by atoms with E-state index in [4.69, 9.17) is 16.3 Å². The molecule has 1 unspecified atom stereocenters. The smallest absolute Gasteiger partial charge is 0.124 e. The van der Waals surface area contributed by atoms with E-state index >= 15 is 0 Å². The highest BCUT2D eigenvalue weighted by molar-refractivity contribution is 6.31. The van der Waals surface area contributed by atoms with Gasteiger partial charge < -0.3 is 15.0 Å². The molecule has 0 aromatic heterocycles. The van der Waals surface area contributed by atoms with Crippen molar-refractivity contribution in [1.29, 1.82) is 0 Å². The Bertz CT molecular complexity index is 407. The molecule has 0 bridgehead atoms. The van der Waals surface area contributed by atoms with Gasteiger partial charge in [-0.25, -0.2) is 0 Å². The minimum absolute atomic E-state index is 0.531. The van der Waals surface area contributed by atoms with Gasteiger partial charge in [0.25, 0.3) is 0 Å². The van der Waals surface area contributed by atoms with E-state index in [1.807, 2.05) is 18.2 Å². The molecule has 0 aliphatic heterocycles. The monoisotopic (exact) mass is 298 g/mol. The fourth-order valence-electron chi connectivity index (χ4n) is 2.29. The summed E-state index contributed by atoms with van der Waals surface area (Å²) in [6.45, 7) is 6.19. The summed E-state index contributed by atoms with van der Waals surface area (Å²) in [5.41, 5.74) is 1.03. The van der Waals surface area contributed by atoms with Crippen LogP contribution in [-0.2, 0) is 6.54 Å². The first-order chi connectivity index (χ1) is 9.45. The molecule has 0 aliphatic rings. The van der Waals surface area contributed by atoms with E-state index < -0.39 is 0 Å². The van der Waals surface area contributed by atoms with E-state index in [0.29, 0.717) is 12.0 Å². The Morgan fingerprint density at radius 3 is 2.55 bits per heavy atom. The van der Waals surface area contributed by atoms with Crippen molar-refractivity contribution in [2.45, 2.75) is 32.9 Å². The van der Waals surface area contributed by atoms with Crippen LogP contribution in [0.5, 0.6) is 5.75 Å². The van der Waals surface area contributed by atoms with Crippen molar-refractivity contribution >= 4 is 11.6 Å². The van der Waals surface area contributed by atoms with E-state index in [-0.39, 0.29) is 0 Å². The normalized spacial score (nSPS) is 13.0. The molecule has 0 spiro atoms. The summed E-state index contributed by atoms with van der Waals surface area (Å²) in [5, 5.41) is 4.25. The summed E-state index contributed by atoms with van der Waals surface area (Å²) in [6.07, 6.45) is 1.18. The van der Waals surface area contributed by atoms with Gasteiger partial charge in [0.2, 0.25) is 0 Å². The molecule has 1 aromatic rings. The summed E-state index contributed by atoms with van der Waals surface area (Å²) < 4.78 is 5.36. The van der Waals surface area contributed by atoms with Gasteiger partial charge in [0.15, 0.2) is 0 Å². The van der Waals surface area contributed by atoms with Crippen LogP contribution in [0.2, 0.25) is 5.02 Å². The summed E-state index contributed by atoms with van der Waals surface area (Å²) in [7, 11) is 5.94. The van der Waals surface area contributed by atoms with Crippen LogP contribution in [0.25, 0.3) is 0 Å². The molecule has 0 radical (unpaired) electrons. The van der Waals surface area contributed by atoms with Crippen molar-refractivity contribution in [2.75, 3.05) is 27.7 Å². The lowest BCUT2D eigenvalue weighted by Gasteiger charge is -2.26. The predicted octanol–water partition coefficient (Wildman–Crippen LogP) is 3.41. The first-order valence-corrected chi connectivity index (χ1v) is 7.52. The molecular weight excluding hydrogens is 272 g/mol. The Hall–Kier alpha value is -0.770. The van der Waals surface area contributed by atoms with E-state index in [1.165, 1.54) is 6.42 Å². The lowest BCUT2D eigenvalue weighted by atomic mass is 10.0. The highest BCUT2D eigenvalue weighted by Crippen LogP contribution is 2.25. The molecule has 3 nitrogen and oxygen atoms in total. The van der Waals surface area contributed by atoms with Crippen LogP contribution < -0.4 is 10.1 Å². The summed E-state index contributed by atoms with van der Waals surface area (Å²) in [5.74, 6) is 1.54. The number of ether oxygens (including phenoxy) is 1. The standard InChI is InChI=1S/C16H27ClN2O/c1-12(2)9-13(19(3)4)10-18-11-14-15(17)7-6-8-16(14)20-5/h6-8,12-13,18H,9-11H2,1-5H3. The maximum absolute atomic E-state index is 6.24. The third-order valence-corrected chi connectivity index (χ3v) is 3.81. The maximum Gasteiger partial charge on any atom is 0.124 e. The lowest BCUT2D eigenvalue weighted by Crippen LogP contribution is -2.38. The van der Waals surface area contributed by atoms with Crippen molar-refractivity contribution < 1.29 is 4.74 Å². The Kier molecular flexibility index (Phi) is 7.35. The second kappa shape index (κ2) is 8.50. The zero-order valence-electron chi connectivity index (χ0n) is 13.2. The molecule has 1 N–H and O–H groups in total. The second-order valence-corrected chi connectivity index (χ2v) is 6.21. The third-order valence-electron chi connectivity index (χ3n) is 3.45. The number of benzene rings is 1. The number of nitrogens with one attached hydrogen (secondary N) is 1. The van der Waals surface area contributed by atoms with Gasteiger partial charge in [0, 0.05) is 29.7 Å². The highest BCUT2D eigenvalue weighted by Gasteiger charge is 2.14. The zero-order chi connectivity index (χ0) is 15.1. The topological polar surface area (TPSA) is 24.5 Å². The molecule has 1 rings (SSSR count). The van der Waals surface area contributed by atoms with E-state index in [2.05, 4.69) is 38.2 Å². The number of likely N-dealkylation sites (N-methyl/N-ethyl adjacent to an activating group) is 1. The van der Waals surface area contributed by atoms with Crippen molar-refractivity contribution in [3.8, 4) is 5.75 Å². The van der Waals surface area contributed by atoms with Gasteiger partial charge in [0.05, 0.1) is 7.11 Å². The van der Waals surface area contributed by atoms with Gasteiger partial charge >= 0.3 is 0 Å². The van der Waals surface area contributed by atoms with E-state index in [0.717, 1.165) is 29.4 Å². The van der Waals surface area contributed by atoms with Crippen molar-refractivity contribution in [1.82, 2.24) is 10.2 Å². The van der Waals surface area contributed by atoms with Gasteiger partial charge in [-0.2, -0.15) is 0 Å². The van der Waals surface area contributed by atoms with Gasteiger partial charge in [-0.15, -0.1) is 0 Å². The molecule has 4 heteroatoms. The Morgan fingerprint density at radius 1 is 1.30 bits per heavy atom. The van der Waals surface area contributed by atoms with Gasteiger partial charge in [0.1, 0.15) is 5.75 Å². The van der Waals surface area contributed by atoms with Gasteiger partial charge in [-0.05, 0) is 38.6 Å². The van der Waals surface area contributed by atoms with Crippen LogP contribution in [0.15, 0.2) is 18.2 Å². The molecule has 0 fully saturated rings. The fourth-order valence-corrected chi connectivity index (χ4v) is 2.52. The maximum atomic E-state index is 6.24. The Balaban J connectivity index is 2.59. The first-order valence-electron chi connectivity index (χ1n) is 7.14. The molecule has 1 aromatic carbocycles. The molecule has 0 aliphatic carbocycles. The number of halogens is 1. The van der Waals surface area contributed by atoms with Crippen LogP contribution >= 0.6 is 11.6 Å². The number of hydrogen-bond donors (Lipinski definition) is 1. The van der Waals surface area contributed by atoms with Gasteiger partial charge in [-0.3, -0.25) is 0 Å². The first kappa shape index (κ1) is 17.3. The predicted molar refractivity (Wildman–Crippen MR) is 86.6 cm³/mol. The van der Waals surface area contributed by atoms with E-state index in [1.54, 1.807) is 7.11 Å². The molecule has 0 saturated heterocycles. The summed E-state index contributed by atoms with van der Waals surface area (Å²) in [4.78, 5) is 2.27. The number of hydrogen-bond acceptors (Lipinski definition) is 3. The van der Waals surface area contributed by atoms with Gasteiger partial charge in [-0.1, -0.05) is 31.5 Å². The third kappa shape index (κ3) is 5.31. The molecule has 114 valence electrons. The minimum Gasteiger partial charge on any atom is -0.496 e. The van der Waals surface area contributed by atoms with Crippen LogP contribution in [0.3, 0.4) is 0 Å². The van der Waals surface area contributed by atoms with E-state index in [9.17, 15) is 0 Å². The quantitative estimate of drug-likeness (QED) is 0.796. The molecule has 20 heavy (non-hydrogen) atoms. The van der Waals surface area contributed by atoms with Crippen LogP contribution in [0, 0.1) is 5.92 Å². The second-order valence-electron chi connectivity index (χ2n) is 5.80. The fraction of sp³-hybridized carbons (Fsp3) is 0.625. The lowest BCUT2D eigenvalue weighted by molar-refractivity contribution is 0.246. The SMILES string of the molecule is COc1cccc(Cl)c1CNCC(CC(C)C)N(C)C. The summed E-state index contributed by atoms with van der Waals surface area (Å²) >= 11 is 6.24. The largest absolute Gasteiger partial charge is 0.496 e. The average molecular weight is 299 g/mol. The average Bonchev–Trinajstić information content (AvgIpc) is 2.38. The Morgan fingerprint density at radius 2 is 2.00 bits per heavy atom. The molecule has 0 saturated carbocycles. The van der Waals surface area contributed by atoms with Crippen LogP contribution in [0.1, 0.15) is 25.8 Å². The molecule has 0 heterocycles. The zero-order valence-corrected chi connectivity index (χ0v) is 14.0.